The predicted octanol–water partition coefficient (Wildman–Crippen LogP) is 4.67. The van der Waals surface area contributed by atoms with E-state index in [0.717, 1.165) is 29.3 Å². The SMILES string of the molecule is N#Cc1cccc(COC(=O)c2cccc3c4c([nH]c23)CCCCC4)c1. The highest BCUT2D eigenvalue weighted by Crippen LogP contribution is 2.30. The van der Waals surface area contributed by atoms with E-state index in [0.29, 0.717) is 11.1 Å². The van der Waals surface area contributed by atoms with Gasteiger partial charge < -0.3 is 9.72 Å². The topological polar surface area (TPSA) is 65.9 Å². The van der Waals surface area contributed by atoms with Crippen LogP contribution in [0.4, 0.5) is 0 Å². The van der Waals surface area contributed by atoms with E-state index < -0.39 is 0 Å². The zero-order valence-electron chi connectivity index (χ0n) is 14.5. The van der Waals surface area contributed by atoms with Gasteiger partial charge in [-0.05, 0) is 55.0 Å². The number of H-pyrrole nitrogens is 1. The number of hydrogen-bond donors (Lipinski definition) is 1. The van der Waals surface area contributed by atoms with Crippen molar-refractivity contribution in [2.75, 3.05) is 0 Å². The smallest absolute Gasteiger partial charge is 0.340 e. The molecule has 0 radical (unpaired) electrons. The second-order valence-electron chi connectivity index (χ2n) is 6.76. The summed E-state index contributed by atoms with van der Waals surface area (Å²) < 4.78 is 5.51. The number of carbonyl (C=O) groups is 1. The molecule has 1 N–H and O–H groups in total. The van der Waals surface area contributed by atoms with Crippen molar-refractivity contribution in [2.24, 2.45) is 0 Å². The van der Waals surface area contributed by atoms with Crippen LogP contribution in [0.1, 0.15) is 52.0 Å². The predicted molar refractivity (Wildman–Crippen MR) is 99.8 cm³/mol. The lowest BCUT2D eigenvalue weighted by atomic mass is 10.0. The summed E-state index contributed by atoms with van der Waals surface area (Å²) in [5.41, 5.74) is 5.45. The number of aryl methyl sites for hydroxylation is 2. The molecule has 0 aliphatic heterocycles. The number of hydrogen-bond acceptors (Lipinski definition) is 3. The summed E-state index contributed by atoms with van der Waals surface area (Å²) in [6, 6.07) is 15.0. The molecule has 1 aliphatic carbocycles. The molecule has 3 aromatic rings. The summed E-state index contributed by atoms with van der Waals surface area (Å²) in [7, 11) is 0. The Morgan fingerprint density at radius 2 is 1.96 bits per heavy atom. The Labute approximate surface area is 152 Å². The summed E-state index contributed by atoms with van der Waals surface area (Å²) in [6.45, 7) is 0.158. The number of para-hydroxylation sites is 1. The molecule has 1 aromatic heterocycles. The van der Waals surface area contributed by atoms with Gasteiger partial charge in [-0.15, -0.1) is 0 Å². The number of nitrogens with one attached hydrogen (secondary N) is 1. The number of ether oxygens (including phenoxy) is 1. The van der Waals surface area contributed by atoms with Crippen LogP contribution >= 0.6 is 0 Å². The molecule has 26 heavy (non-hydrogen) atoms. The largest absolute Gasteiger partial charge is 0.457 e. The van der Waals surface area contributed by atoms with Crippen LogP contribution in [-0.4, -0.2) is 11.0 Å². The van der Waals surface area contributed by atoms with Crippen molar-refractivity contribution in [2.45, 2.75) is 38.7 Å². The summed E-state index contributed by atoms with van der Waals surface area (Å²) >= 11 is 0. The molecule has 4 heteroatoms. The highest BCUT2D eigenvalue weighted by molar-refractivity contribution is 6.04. The number of nitrogens with zero attached hydrogens (tertiary/aromatic N) is 1. The third-order valence-corrected chi connectivity index (χ3v) is 5.03. The van der Waals surface area contributed by atoms with Crippen molar-refractivity contribution in [3.63, 3.8) is 0 Å². The zero-order chi connectivity index (χ0) is 17.9. The number of aromatic amines is 1. The van der Waals surface area contributed by atoms with Crippen LogP contribution in [0, 0.1) is 11.3 Å². The highest BCUT2D eigenvalue weighted by Gasteiger charge is 2.19. The van der Waals surface area contributed by atoms with E-state index in [2.05, 4.69) is 17.1 Å². The van der Waals surface area contributed by atoms with E-state index >= 15 is 0 Å². The quantitative estimate of drug-likeness (QED) is 0.555. The lowest BCUT2D eigenvalue weighted by molar-refractivity contribution is 0.0475. The first-order chi connectivity index (χ1) is 12.8. The first-order valence-electron chi connectivity index (χ1n) is 9.05. The minimum Gasteiger partial charge on any atom is -0.457 e. The van der Waals surface area contributed by atoms with Crippen molar-refractivity contribution in [1.29, 1.82) is 5.26 Å². The highest BCUT2D eigenvalue weighted by atomic mass is 16.5. The van der Waals surface area contributed by atoms with Crippen LogP contribution in [0.25, 0.3) is 10.9 Å². The van der Waals surface area contributed by atoms with Gasteiger partial charge in [0.25, 0.3) is 0 Å². The van der Waals surface area contributed by atoms with Crippen LogP contribution in [0.5, 0.6) is 0 Å². The number of nitriles is 1. The molecule has 0 unspecified atom stereocenters. The van der Waals surface area contributed by atoms with Crippen LogP contribution in [-0.2, 0) is 24.2 Å². The van der Waals surface area contributed by atoms with Crippen molar-refractivity contribution in [3.8, 4) is 6.07 Å². The van der Waals surface area contributed by atoms with E-state index in [1.165, 1.54) is 30.5 Å². The lowest BCUT2D eigenvalue weighted by Crippen LogP contribution is -2.06. The minimum absolute atomic E-state index is 0.158. The fourth-order valence-corrected chi connectivity index (χ4v) is 3.73. The van der Waals surface area contributed by atoms with Gasteiger partial charge in [-0.2, -0.15) is 5.26 Å². The molecule has 0 atom stereocenters. The maximum absolute atomic E-state index is 12.7. The third-order valence-electron chi connectivity index (χ3n) is 5.03. The van der Waals surface area contributed by atoms with Gasteiger partial charge >= 0.3 is 5.97 Å². The first kappa shape index (κ1) is 16.4. The number of esters is 1. The fraction of sp³-hybridized carbons (Fsp3) is 0.273. The van der Waals surface area contributed by atoms with Gasteiger partial charge in [0.1, 0.15) is 6.61 Å². The van der Waals surface area contributed by atoms with Gasteiger partial charge in [-0.3, -0.25) is 0 Å². The van der Waals surface area contributed by atoms with Crippen LogP contribution in [0.2, 0.25) is 0 Å². The summed E-state index contributed by atoms with van der Waals surface area (Å²) in [6.07, 6.45) is 5.75. The van der Waals surface area contributed by atoms with Gasteiger partial charge in [0.2, 0.25) is 0 Å². The van der Waals surface area contributed by atoms with Gasteiger partial charge in [-0.1, -0.05) is 30.7 Å². The molecule has 4 nitrogen and oxygen atoms in total. The Morgan fingerprint density at radius 3 is 2.85 bits per heavy atom. The number of fused-ring (bicyclic) bond motifs is 3. The second-order valence-corrected chi connectivity index (χ2v) is 6.76. The summed E-state index contributed by atoms with van der Waals surface area (Å²) in [4.78, 5) is 16.1. The molecule has 2 aromatic carbocycles. The molecule has 0 bridgehead atoms. The Morgan fingerprint density at radius 1 is 1.12 bits per heavy atom. The summed E-state index contributed by atoms with van der Waals surface area (Å²) in [5.74, 6) is -0.339. The van der Waals surface area contributed by atoms with Crippen molar-refractivity contribution < 1.29 is 9.53 Å². The molecule has 0 saturated heterocycles. The fourth-order valence-electron chi connectivity index (χ4n) is 3.73. The van der Waals surface area contributed by atoms with Crippen LogP contribution in [0.3, 0.4) is 0 Å². The number of aromatic nitrogens is 1. The van der Waals surface area contributed by atoms with Gasteiger partial charge in [0.15, 0.2) is 0 Å². The molecule has 0 saturated carbocycles. The average Bonchev–Trinajstić information content (AvgIpc) is 2.87. The molecular formula is C22H20N2O2. The van der Waals surface area contributed by atoms with E-state index in [-0.39, 0.29) is 12.6 Å². The summed E-state index contributed by atoms with van der Waals surface area (Å²) in [5, 5.41) is 10.1. The molecule has 4 rings (SSSR count). The molecule has 0 spiro atoms. The standard InChI is InChI=1S/C22H20N2O2/c23-13-15-6-4-7-16(12-15)14-26-22(25)19-10-5-9-18-17-8-2-1-3-11-20(17)24-21(18)19/h4-7,9-10,12,24H,1-3,8,11,14H2. The Kier molecular flexibility index (Phi) is 4.45. The second kappa shape index (κ2) is 7.05. The van der Waals surface area contributed by atoms with Crippen LogP contribution in [0.15, 0.2) is 42.5 Å². The van der Waals surface area contributed by atoms with Gasteiger partial charge in [0, 0.05) is 11.1 Å². The van der Waals surface area contributed by atoms with Crippen molar-refractivity contribution in [3.05, 3.63) is 70.4 Å². The molecule has 0 amide bonds. The molecule has 1 aliphatic rings. The third kappa shape index (κ3) is 3.09. The van der Waals surface area contributed by atoms with Gasteiger partial charge in [-0.25, -0.2) is 4.79 Å². The zero-order valence-corrected chi connectivity index (χ0v) is 14.5. The maximum Gasteiger partial charge on any atom is 0.340 e. The minimum atomic E-state index is -0.339. The Bertz CT molecular complexity index is 1010. The monoisotopic (exact) mass is 344 g/mol. The molecule has 130 valence electrons. The Hall–Kier alpha value is -3.06. The van der Waals surface area contributed by atoms with E-state index in [1.807, 2.05) is 18.2 Å². The Balaban J connectivity index is 1.60. The van der Waals surface area contributed by atoms with E-state index in [4.69, 9.17) is 10.00 Å². The maximum atomic E-state index is 12.7. The average molecular weight is 344 g/mol. The van der Waals surface area contributed by atoms with E-state index in [1.54, 1.807) is 18.2 Å². The normalized spacial score (nSPS) is 13.7. The number of carbonyl (C=O) groups excluding carboxylic acids is 1. The van der Waals surface area contributed by atoms with Gasteiger partial charge in [0.05, 0.1) is 22.7 Å². The van der Waals surface area contributed by atoms with Crippen molar-refractivity contribution >= 4 is 16.9 Å². The van der Waals surface area contributed by atoms with Crippen LogP contribution < -0.4 is 0 Å². The molecule has 0 fully saturated rings. The molecule has 1 heterocycles. The van der Waals surface area contributed by atoms with E-state index in [9.17, 15) is 4.79 Å². The van der Waals surface area contributed by atoms with Crippen molar-refractivity contribution in [1.82, 2.24) is 4.98 Å². The molecular weight excluding hydrogens is 324 g/mol. The number of rotatable bonds is 3. The number of benzene rings is 2. The lowest BCUT2D eigenvalue weighted by Gasteiger charge is -2.07. The first-order valence-corrected chi connectivity index (χ1v) is 9.05.